The van der Waals surface area contributed by atoms with Gasteiger partial charge < -0.3 is 4.74 Å². The summed E-state index contributed by atoms with van der Waals surface area (Å²) in [6.45, 7) is 4.02. The summed E-state index contributed by atoms with van der Waals surface area (Å²) in [7, 11) is 0. The van der Waals surface area contributed by atoms with Gasteiger partial charge in [0.05, 0.1) is 11.5 Å². The van der Waals surface area contributed by atoms with Gasteiger partial charge in [0.25, 0.3) is 0 Å². The average molecular weight is 419 g/mol. The fourth-order valence-electron chi connectivity index (χ4n) is 1.88. The van der Waals surface area contributed by atoms with Crippen LogP contribution in [0.1, 0.15) is 30.4 Å². The van der Waals surface area contributed by atoms with Crippen LogP contribution in [0.2, 0.25) is 0 Å². The average Bonchev–Trinajstić information content (AvgIpc) is 2.41. The number of rotatable bonds is 4. The lowest BCUT2D eigenvalue weighted by Gasteiger charge is -2.14. The lowest BCUT2D eigenvalue weighted by molar-refractivity contribution is 0.242. The number of benzene rings is 2. The van der Waals surface area contributed by atoms with E-state index in [0.29, 0.717) is 0 Å². The second-order valence-electron chi connectivity index (χ2n) is 4.76. The maximum absolute atomic E-state index is 6.58. The first-order chi connectivity index (χ1) is 9.47. The molecule has 0 fully saturated rings. The number of halogens is 3. The predicted molar refractivity (Wildman–Crippen MR) is 91.7 cm³/mol. The van der Waals surface area contributed by atoms with Crippen LogP contribution < -0.4 is 4.74 Å². The Kier molecular flexibility index (Phi) is 5.53. The molecule has 0 radical (unpaired) electrons. The Morgan fingerprint density at radius 3 is 2.25 bits per heavy atom. The van der Waals surface area contributed by atoms with E-state index in [1.165, 1.54) is 0 Å². The van der Waals surface area contributed by atoms with Crippen molar-refractivity contribution in [2.24, 2.45) is 0 Å². The van der Waals surface area contributed by atoms with Crippen molar-refractivity contribution >= 4 is 43.5 Å². The second-order valence-corrected chi connectivity index (χ2v) is 6.97. The third-order valence-corrected chi connectivity index (χ3v) is 4.48. The van der Waals surface area contributed by atoms with Gasteiger partial charge in [-0.05, 0) is 55.3 Å². The Bertz CT molecular complexity index is 582. The van der Waals surface area contributed by atoms with Gasteiger partial charge in [0.1, 0.15) is 5.75 Å². The van der Waals surface area contributed by atoms with Crippen molar-refractivity contribution < 1.29 is 4.74 Å². The van der Waals surface area contributed by atoms with Crippen LogP contribution in [0.3, 0.4) is 0 Å². The van der Waals surface area contributed by atoms with Crippen molar-refractivity contribution in [3.05, 3.63) is 62.5 Å². The fraction of sp³-hybridized carbons (Fsp3) is 0.250. The van der Waals surface area contributed by atoms with Gasteiger partial charge in [-0.25, -0.2) is 0 Å². The molecule has 4 heteroatoms. The molecule has 0 aromatic heterocycles. The molecule has 0 saturated heterocycles. The molecule has 0 aliphatic carbocycles. The Labute approximate surface area is 141 Å². The molecular weight excluding hydrogens is 403 g/mol. The summed E-state index contributed by atoms with van der Waals surface area (Å²) in [5.74, 6) is 0.862. The van der Waals surface area contributed by atoms with Crippen LogP contribution in [-0.2, 0) is 0 Å². The van der Waals surface area contributed by atoms with E-state index in [-0.39, 0.29) is 11.5 Å². The van der Waals surface area contributed by atoms with Crippen LogP contribution in [0.5, 0.6) is 5.75 Å². The van der Waals surface area contributed by atoms with Gasteiger partial charge in [-0.2, -0.15) is 0 Å². The molecule has 0 N–H and O–H groups in total. The number of hydrogen-bond donors (Lipinski definition) is 0. The van der Waals surface area contributed by atoms with Crippen LogP contribution in [-0.4, -0.2) is 6.10 Å². The van der Waals surface area contributed by atoms with Crippen molar-refractivity contribution in [1.29, 1.82) is 0 Å². The minimum atomic E-state index is -0.199. The van der Waals surface area contributed by atoms with E-state index in [2.05, 4.69) is 31.9 Å². The normalized spacial score (nSPS) is 12.5. The highest BCUT2D eigenvalue weighted by molar-refractivity contribution is 9.11. The van der Waals surface area contributed by atoms with Gasteiger partial charge in [-0.3, -0.25) is 0 Å². The van der Waals surface area contributed by atoms with Crippen LogP contribution in [0.25, 0.3) is 0 Å². The first kappa shape index (κ1) is 15.9. The predicted octanol–water partition coefficient (Wildman–Crippen LogP) is 6.33. The van der Waals surface area contributed by atoms with Crippen LogP contribution >= 0.6 is 43.5 Å². The van der Waals surface area contributed by atoms with Crippen LogP contribution in [0.4, 0.5) is 0 Å². The Morgan fingerprint density at radius 2 is 1.65 bits per heavy atom. The molecule has 1 atom stereocenters. The van der Waals surface area contributed by atoms with Crippen LogP contribution in [0, 0.1) is 0 Å². The Hall–Kier alpha value is -0.510. The van der Waals surface area contributed by atoms with Crippen molar-refractivity contribution in [2.75, 3.05) is 0 Å². The molecule has 0 aliphatic rings. The highest BCUT2D eigenvalue weighted by atomic mass is 79.9. The minimum absolute atomic E-state index is 0.173. The highest BCUT2D eigenvalue weighted by Gasteiger charge is 2.14. The SMILES string of the molecule is CC(C)Oc1ccc(C(Cl)c2cc(Br)ccc2Br)cc1. The summed E-state index contributed by atoms with van der Waals surface area (Å²) in [6, 6.07) is 13.9. The molecule has 2 aromatic carbocycles. The summed E-state index contributed by atoms with van der Waals surface area (Å²) in [4.78, 5) is 0. The number of alkyl halides is 1. The molecule has 0 heterocycles. The molecule has 1 nitrogen and oxygen atoms in total. The lowest BCUT2D eigenvalue weighted by Crippen LogP contribution is -2.05. The topological polar surface area (TPSA) is 9.23 Å². The first-order valence-electron chi connectivity index (χ1n) is 6.33. The minimum Gasteiger partial charge on any atom is -0.491 e. The standard InChI is InChI=1S/C16H15Br2ClO/c1-10(2)20-13-6-3-11(4-7-13)16(19)14-9-12(17)5-8-15(14)18/h3-10,16H,1-2H3. The molecule has 0 amide bonds. The molecule has 0 spiro atoms. The van der Waals surface area contributed by atoms with Gasteiger partial charge in [0.2, 0.25) is 0 Å². The van der Waals surface area contributed by atoms with Gasteiger partial charge in [-0.15, -0.1) is 11.6 Å². The highest BCUT2D eigenvalue weighted by Crippen LogP contribution is 2.36. The van der Waals surface area contributed by atoms with E-state index in [4.69, 9.17) is 16.3 Å². The smallest absolute Gasteiger partial charge is 0.119 e. The van der Waals surface area contributed by atoms with E-state index < -0.39 is 0 Å². The quantitative estimate of drug-likeness (QED) is 0.528. The maximum Gasteiger partial charge on any atom is 0.119 e. The molecule has 1 unspecified atom stereocenters. The summed E-state index contributed by atoms with van der Waals surface area (Å²) in [5, 5.41) is -0.199. The van der Waals surface area contributed by atoms with E-state index in [0.717, 1.165) is 25.8 Å². The second kappa shape index (κ2) is 6.97. The third-order valence-electron chi connectivity index (χ3n) is 2.78. The zero-order chi connectivity index (χ0) is 14.7. The van der Waals surface area contributed by atoms with Crippen molar-refractivity contribution in [3.8, 4) is 5.75 Å². The zero-order valence-corrected chi connectivity index (χ0v) is 15.2. The van der Waals surface area contributed by atoms with Crippen LogP contribution in [0.15, 0.2) is 51.4 Å². The molecule has 2 rings (SSSR count). The van der Waals surface area contributed by atoms with Crippen molar-refractivity contribution in [2.45, 2.75) is 25.3 Å². The summed E-state index contributed by atoms with van der Waals surface area (Å²) in [5.41, 5.74) is 2.08. The third kappa shape index (κ3) is 4.00. The largest absolute Gasteiger partial charge is 0.491 e. The monoisotopic (exact) mass is 416 g/mol. The maximum atomic E-state index is 6.58. The Balaban J connectivity index is 2.24. The fourth-order valence-corrected chi connectivity index (χ4v) is 3.19. The molecular formula is C16H15Br2ClO. The van der Waals surface area contributed by atoms with Gasteiger partial charge in [0.15, 0.2) is 0 Å². The molecule has 20 heavy (non-hydrogen) atoms. The van der Waals surface area contributed by atoms with E-state index in [1.807, 2.05) is 56.3 Å². The van der Waals surface area contributed by atoms with Gasteiger partial charge in [0, 0.05) is 8.95 Å². The number of ether oxygens (including phenoxy) is 1. The summed E-state index contributed by atoms with van der Waals surface area (Å²) < 4.78 is 7.66. The van der Waals surface area contributed by atoms with Crippen molar-refractivity contribution in [3.63, 3.8) is 0 Å². The lowest BCUT2D eigenvalue weighted by atomic mass is 10.0. The van der Waals surface area contributed by atoms with E-state index >= 15 is 0 Å². The first-order valence-corrected chi connectivity index (χ1v) is 8.35. The van der Waals surface area contributed by atoms with Crippen molar-refractivity contribution in [1.82, 2.24) is 0 Å². The molecule has 106 valence electrons. The molecule has 0 aliphatic heterocycles. The molecule has 0 bridgehead atoms. The number of hydrogen-bond acceptors (Lipinski definition) is 1. The summed E-state index contributed by atoms with van der Waals surface area (Å²) in [6.07, 6.45) is 0.173. The van der Waals surface area contributed by atoms with Gasteiger partial charge >= 0.3 is 0 Å². The van der Waals surface area contributed by atoms with E-state index in [9.17, 15) is 0 Å². The molecule has 2 aromatic rings. The summed E-state index contributed by atoms with van der Waals surface area (Å²) >= 11 is 13.6. The Morgan fingerprint density at radius 1 is 1.00 bits per heavy atom. The zero-order valence-electron chi connectivity index (χ0n) is 11.2. The molecule has 0 saturated carbocycles. The van der Waals surface area contributed by atoms with Gasteiger partial charge in [-0.1, -0.05) is 44.0 Å². The van der Waals surface area contributed by atoms with E-state index in [1.54, 1.807) is 0 Å².